The van der Waals surface area contributed by atoms with Crippen LogP contribution in [-0.4, -0.2) is 37.2 Å². The molecule has 1 atom stereocenters. The highest BCUT2D eigenvalue weighted by molar-refractivity contribution is 5.71. The van der Waals surface area contributed by atoms with Crippen LogP contribution in [0.2, 0.25) is 0 Å². The van der Waals surface area contributed by atoms with Crippen molar-refractivity contribution in [2.24, 2.45) is 0 Å². The molecule has 0 bridgehead atoms. The number of carbonyl (C=O) groups is 3. The minimum atomic E-state index is -0.789. The molecule has 0 amide bonds. The molecule has 0 saturated heterocycles. The number of allylic oxidation sites excluding steroid dienone is 14. The van der Waals surface area contributed by atoms with Crippen molar-refractivity contribution in [1.29, 1.82) is 0 Å². The number of hydrogen-bond acceptors (Lipinski definition) is 6. The third kappa shape index (κ3) is 51.4. The molecule has 0 aromatic carbocycles. The fraction of sp³-hybridized carbons (Fsp3) is 0.712. The van der Waals surface area contributed by atoms with Crippen LogP contribution in [0.5, 0.6) is 0 Å². The van der Waals surface area contributed by atoms with Crippen molar-refractivity contribution in [2.75, 3.05) is 13.2 Å². The topological polar surface area (TPSA) is 78.9 Å². The van der Waals surface area contributed by atoms with Gasteiger partial charge in [0.05, 0.1) is 0 Å². The van der Waals surface area contributed by atoms with E-state index in [4.69, 9.17) is 14.2 Å². The van der Waals surface area contributed by atoms with E-state index in [1.165, 1.54) is 96.3 Å². The van der Waals surface area contributed by atoms with Crippen molar-refractivity contribution in [3.05, 3.63) is 85.1 Å². The Morgan fingerprint density at radius 2 is 0.677 bits per heavy atom. The van der Waals surface area contributed by atoms with Crippen molar-refractivity contribution in [3.63, 3.8) is 0 Å². The lowest BCUT2D eigenvalue weighted by Gasteiger charge is -2.18. The molecule has 65 heavy (non-hydrogen) atoms. The first-order valence-electron chi connectivity index (χ1n) is 27.1. The van der Waals surface area contributed by atoms with E-state index in [0.29, 0.717) is 19.3 Å². The van der Waals surface area contributed by atoms with Crippen LogP contribution in [0.3, 0.4) is 0 Å². The van der Waals surface area contributed by atoms with Gasteiger partial charge < -0.3 is 14.2 Å². The summed E-state index contributed by atoms with van der Waals surface area (Å²) in [5, 5.41) is 0. The van der Waals surface area contributed by atoms with Gasteiger partial charge in [-0.15, -0.1) is 0 Å². The van der Waals surface area contributed by atoms with E-state index in [2.05, 4.69) is 106 Å². The van der Waals surface area contributed by atoms with Crippen molar-refractivity contribution in [1.82, 2.24) is 0 Å². The minimum Gasteiger partial charge on any atom is -0.462 e. The van der Waals surface area contributed by atoms with Gasteiger partial charge in [-0.2, -0.15) is 0 Å². The first kappa shape index (κ1) is 61.6. The second-order valence-electron chi connectivity index (χ2n) is 17.8. The fourth-order valence-electron chi connectivity index (χ4n) is 7.43. The Morgan fingerprint density at radius 1 is 0.338 bits per heavy atom. The Hall–Kier alpha value is -3.41. The van der Waals surface area contributed by atoms with Crippen LogP contribution < -0.4 is 0 Å². The molecule has 0 aromatic rings. The summed E-state index contributed by atoms with van der Waals surface area (Å²) >= 11 is 0. The van der Waals surface area contributed by atoms with Crippen LogP contribution in [-0.2, 0) is 28.6 Å². The van der Waals surface area contributed by atoms with Crippen LogP contribution in [0.25, 0.3) is 0 Å². The van der Waals surface area contributed by atoms with Crippen LogP contribution in [0.1, 0.15) is 252 Å². The van der Waals surface area contributed by atoms with Crippen LogP contribution in [0.4, 0.5) is 0 Å². The molecular formula is C59H100O6. The third-order valence-electron chi connectivity index (χ3n) is 11.5. The normalized spacial score (nSPS) is 12.7. The maximum atomic E-state index is 12.8. The number of hydrogen-bond donors (Lipinski definition) is 0. The highest BCUT2D eigenvalue weighted by Gasteiger charge is 2.19. The van der Waals surface area contributed by atoms with Gasteiger partial charge in [0.1, 0.15) is 13.2 Å². The maximum absolute atomic E-state index is 12.8. The molecule has 0 rings (SSSR count). The number of rotatable bonds is 48. The minimum absolute atomic E-state index is 0.0896. The smallest absolute Gasteiger partial charge is 0.306 e. The van der Waals surface area contributed by atoms with E-state index in [0.717, 1.165) is 116 Å². The highest BCUT2D eigenvalue weighted by Crippen LogP contribution is 2.15. The zero-order valence-electron chi connectivity index (χ0n) is 42.5. The molecular weight excluding hydrogens is 805 g/mol. The molecule has 0 aliphatic heterocycles. The molecule has 372 valence electrons. The van der Waals surface area contributed by atoms with Gasteiger partial charge in [0.2, 0.25) is 0 Å². The Kier molecular flexibility index (Phi) is 50.4. The number of unbranched alkanes of at least 4 members (excludes halogenated alkanes) is 25. The van der Waals surface area contributed by atoms with E-state index < -0.39 is 6.10 Å². The van der Waals surface area contributed by atoms with Gasteiger partial charge in [0.15, 0.2) is 6.10 Å². The largest absolute Gasteiger partial charge is 0.462 e. The van der Waals surface area contributed by atoms with Gasteiger partial charge in [0, 0.05) is 19.3 Å². The van der Waals surface area contributed by atoms with Gasteiger partial charge >= 0.3 is 17.9 Å². The van der Waals surface area contributed by atoms with Gasteiger partial charge in [-0.3, -0.25) is 14.4 Å². The fourth-order valence-corrected chi connectivity index (χ4v) is 7.43. The molecule has 1 unspecified atom stereocenters. The first-order valence-corrected chi connectivity index (χ1v) is 27.1. The Balaban J connectivity index is 4.41. The van der Waals surface area contributed by atoms with Crippen LogP contribution in [0.15, 0.2) is 85.1 Å². The molecule has 0 aromatic heterocycles. The van der Waals surface area contributed by atoms with Crippen LogP contribution >= 0.6 is 0 Å². The summed E-state index contributed by atoms with van der Waals surface area (Å²) < 4.78 is 16.8. The molecule has 0 aliphatic carbocycles. The van der Waals surface area contributed by atoms with E-state index >= 15 is 0 Å². The number of esters is 3. The van der Waals surface area contributed by atoms with E-state index in [-0.39, 0.29) is 31.1 Å². The molecule has 0 spiro atoms. The summed E-state index contributed by atoms with van der Waals surface area (Å²) in [5.74, 6) is -0.918. The van der Waals surface area contributed by atoms with Crippen LogP contribution in [0, 0.1) is 0 Å². The lowest BCUT2D eigenvalue weighted by Crippen LogP contribution is -2.30. The molecule has 0 saturated carbocycles. The zero-order chi connectivity index (χ0) is 47.2. The first-order chi connectivity index (χ1) is 32.0. The van der Waals surface area contributed by atoms with E-state index in [9.17, 15) is 14.4 Å². The second-order valence-corrected chi connectivity index (χ2v) is 17.8. The lowest BCUT2D eigenvalue weighted by molar-refractivity contribution is -0.167. The predicted octanol–water partition coefficient (Wildman–Crippen LogP) is 18.0. The number of carbonyl (C=O) groups excluding carboxylic acids is 3. The monoisotopic (exact) mass is 905 g/mol. The average molecular weight is 905 g/mol. The van der Waals surface area contributed by atoms with Crippen molar-refractivity contribution in [3.8, 4) is 0 Å². The summed E-state index contributed by atoms with van der Waals surface area (Å²) in [6, 6.07) is 0. The predicted molar refractivity (Wildman–Crippen MR) is 279 cm³/mol. The van der Waals surface area contributed by atoms with Crippen molar-refractivity contribution < 1.29 is 28.6 Å². The molecule has 6 nitrogen and oxygen atoms in total. The van der Waals surface area contributed by atoms with E-state index in [1.807, 2.05) is 0 Å². The number of ether oxygens (including phenoxy) is 3. The van der Waals surface area contributed by atoms with Gasteiger partial charge in [-0.1, -0.05) is 241 Å². The zero-order valence-corrected chi connectivity index (χ0v) is 42.5. The van der Waals surface area contributed by atoms with Crippen molar-refractivity contribution >= 4 is 17.9 Å². The maximum Gasteiger partial charge on any atom is 0.306 e. The molecule has 6 heteroatoms. The Labute approximate surface area is 401 Å². The quantitative estimate of drug-likeness (QED) is 0.0199. The van der Waals surface area contributed by atoms with Gasteiger partial charge in [-0.25, -0.2) is 0 Å². The summed E-state index contributed by atoms with van der Waals surface area (Å²) in [6.45, 7) is 6.37. The lowest BCUT2D eigenvalue weighted by atomic mass is 10.0. The summed E-state index contributed by atoms with van der Waals surface area (Å²) in [6.07, 6.45) is 68.5. The van der Waals surface area contributed by atoms with Gasteiger partial charge in [-0.05, 0) is 77.0 Å². The van der Waals surface area contributed by atoms with E-state index in [1.54, 1.807) is 0 Å². The second kappa shape index (κ2) is 53.2. The molecule has 0 fully saturated rings. The Bertz CT molecular complexity index is 1270. The molecule has 0 aliphatic rings. The molecule has 0 heterocycles. The summed E-state index contributed by atoms with van der Waals surface area (Å²) in [4.78, 5) is 38.1. The molecule has 0 radical (unpaired) electrons. The summed E-state index contributed by atoms with van der Waals surface area (Å²) in [7, 11) is 0. The molecule has 0 N–H and O–H groups in total. The Morgan fingerprint density at radius 3 is 1.11 bits per heavy atom. The van der Waals surface area contributed by atoms with Crippen molar-refractivity contribution in [2.45, 2.75) is 258 Å². The highest BCUT2D eigenvalue weighted by atomic mass is 16.6. The standard InChI is InChI=1S/C59H100O6/c1-4-7-10-13-16-19-22-25-27-28-29-30-32-34-37-40-43-46-49-52-58(61)64-55-56(54-63-57(60)51-48-45-42-39-36-33-24-21-18-15-12-9-6-3)65-59(62)53-50-47-44-41-38-35-31-26-23-20-17-14-11-8-5-2/h7,9-10,12,15-16,18-19,21,24-25,27,29-30,56H,4-6,8,11,13-14,17,20,22-23,26,28,31-55H2,1-3H3/b10-7+,12-9+,18-15+,19-16+,24-21+,27-25+,30-29+. The third-order valence-corrected chi connectivity index (χ3v) is 11.5. The average Bonchev–Trinajstić information content (AvgIpc) is 3.30. The van der Waals surface area contributed by atoms with Gasteiger partial charge in [0.25, 0.3) is 0 Å². The SMILES string of the molecule is CC/C=C/C=C/C=C/CCCCCCCC(=O)OCC(COC(=O)CCCCCCCC/C=C/C/C=C/C/C=C/C/C=C/CC)OC(=O)CCCCCCCCCCCCCCCCC. The summed E-state index contributed by atoms with van der Waals surface area (Å²) in [5.41, 5.74) is 0.